The van der Waals surface area contributed by atoms with E-state index >= 15 is 0 Å². The molecule has 24 heavy (non-hydrogen) atoms. The summed E-state index contributed by atoms with van der Waals surface area (Å²) in [6, 6.07) is 9.61. The maximum Gasteiger partial charge on any atom is 0.172 e. The number of pyridine rings is 1. The summed E-state index contributed by atoms with van der Waals surface area (Å²) < 4.78 is 0. The van der Waals surface area contributed by atoms with Gasteiger partial charge in [-0.3, -0.25) is 0 Å². The van der Waals surface area contributed by atoms with Crippen molar-refractivity contribution in [2.75, 3.05) is 49.3 Å². The molecule has 1 aliphatic heterocycles. The molecule has 0 bridgehead atoms. The lowest BCUT2D eigenvalue weighted by Crippen LogP contribution is -2.44. The molecule has 0 spiro atoms. The van der Waals surface area contributed by atoms with E-state index in [0.717, 1.165) is 31.7 Å². The molecule has 8 heteroatoms. The van der Waals surface area contributed by atoms with Gasteiger partial charge in [-0.1, -0.05) is 23.7 Å². The second kappa shape index (κ2) is 7.02. The second-order valence-electron chi connectivity index (χ2n) is 5.80. The highest BCUT2D eigenvalue weighted by atomic mass is 35.5. The van der Waals surface area contributed by atoms with Gasteiger partial charge in [-0.15, -0.1) is 4.91 Å². The Morgan fingerprint density at radius 3 is 2.50 bits per heavy atom. The first-order valence-corrected chi connectivity index (χ1v) is 8.04. The van der Waals surface area contributed by atoms with Crippen LogP contribution in [0.25, 0.3) is 11.3 Å². The van der Waals surface area contributed by atoms with Crippen LogP contribution in [-0.4, -0.2) is 43.1 Å². The minimum Gasteiger partial charge on any atom is -0.396 e. The molecule has 3 rings (SSSR count). The molecule has 0 radical (unpaired) electrons. The van der Waals surface area contributed by atoms with Gasteiger partial charge in [0.2, 0.25) is 0 Å². The molecule has 7 nitrogen and oxygen atoms in total. The Bertz CT molecular complexity index is 728. The van der Waals surface area contributed by atoms with Crippen molar-refractivity contribution in [1.29, 1.82) is 0 Å². The van der Waals surface area contributed by atoms with E-state index in [0.29, 0.717) is 10.7 Å². The molecule has 2 aromatic rings. The van der Waals surface area contributed by atoms with Crippen molar-refractivity contribution in [3.63, 3.8) is 0 Å². The van der Waals surface area contributed by atoms with Gasteiger partial charge in [-0.05, 0) is 25.2 Å². The number of halogens is 1. The number of anilines is 3. The number of nitrogens with one attached hydrogen (secondary N) is 1. The Morgan fingerprint density at radius 2 is 1.88 bits per heavy atom. The first-order valence-electron chi connectivity index (χ1n) is 7.67. The molecular formula is C16H19ClN6O. The SMILES string of the molecule is CN1CCN(c2ccc(-c3nc(NN=O)c(N)cc3Cl)cc2)CC1. The van der Waals surface area contributed by atoms with E-state index in [9.17, 15) is 4.91 Å². The molecule has 0 saturated carbocycles. The summed E-state index contributed by atoms with van der Waals surface area (Å²) in [5, 5.41) is 3.04. The Morgan fingerprint density at radius 1 is 1.21 bits per heavy atom. The summed E-state index contributed by atoms with van der Waals surface area (Å²) in [5.74, 6) is 0.201. The third-order valence-corrected chi connectivity index (χ3v) is 4.45. The van der Waals surface area contributed by atoms with Crippen molar-refractivity contribution < 1.29 is 0 Å². The zero-order chi connectivity index (χ0) is 17.1. The number of nitrogen functional groups attached to an aromatic ring is 1. The molecule has 1 fully saturated rings. The predicted molar refractivity (Wildman–Crippen MR) is 98.2 cm³/mol. The first kappa shape index (κ1) is 16.5. The van der Waals surface area contributed by atoms with Gasteiger partial charge in [0.15, 0.2) is 5.82 Å². The summed E-state index contributed by atoms with van der Waals surface area (Å²) in [6.45, 7) is 4.13. The summed E-state index contributed by atoms with van der Waals surface area (Å²) in [7, 11) is 2.13. The maximum absolute atomic E-state index is 10.4. The van der Waals surface area contributed by atoms with Crippen LogP contribution in [0.1, 0.15) is 0 Å². The number of benzene rings is 1. The van der Waals surface area contributed by atoms with Crippen molar-refractivity contribution in [2.45, 2.75) is 0 Å². The number of hydrogen-bond donors (Lipinski definition) is 2. The lowest BCUT2D eigenvalue weighted by molar-refractivity contribution is 0.313. The van der Waals surface area contributed by atoms with E-state index in [1.54, 1.807) is 6.07 Å². The zero-order valence-electron chi connectivity index (χ0n) is 13.4. The zero-order valence-corrected chi connectivity index (χ0v) is 14.1. The van der Waals surface area contributed by atoms with Gasteiger partial charge in [0, 0.05) is 37.4 Å². The molecule has 1 aliphatic rings. The molecule has 0 aliphatic carbocycles. The number of likely N-dealkylation sites (N-methyl/N-ethyl adjacent to an activating group) is 1. The topological polar surface area (TPSA) is 86.8 Å². The molecule has 126 valence electrons. The molecule has 0 unspecified atom stereocenters. The number of nitrogens with zero attached hydrogens (tertiary/aromatic N) is 4. The number of piperazine rings is 1. The van der Waals surface area contributed by atoms with E-state index < -0.39 is 0 Å². The normalized spacial score (nSPS) is 15.3. The molecule has 0 amide bonds. The standard InChI is InChI=1S/C16H19ClN6O/c1-22-6-8-23(9-7-22)12-4-2-11(3-5-12)15-13(17)10-14(18)16(19-15)20-21-24/h2-5,10H,6-9,18H2,1H3,(H,19,20,24). The van der Waals surface area contributed by atoms with Crippen LogP contribution in [0.4, 0.5) is 17.2 Å². The Hall–Kier alpha value is -2.38. The van der Waals surface area contributed by atoms with Crippen molar-refractivity contribution in [3.8, 4) is 11.3 Å². The first-order chi connectivity index (χ1) is 11.6. The van der Waals surface area contributed by atoms with E-state index in [-0.39, 0.29) is 11.5 Å². The minimum absolute atomic E-state index is 0.201. The number of nitrogens with two attached hydrogens (primary N) is 1. The third kappa shape index (κ3) is 3.42. The van der Waals surface area contributed by atoms with Crippen molar-refractivity contribution in [3.05, 3.63) is 40.3 Å². The van der Waals surface area contributed by atoms with Crippen LogP contribution < -0.4 is 16.1 Å². The fourth-order valence-electron chi connectivity index (χ4n) is 2.73. The monoisotopic (exact) mass is 346 g/mol. The average Bonchev–Trinajstić information content (AvgIpc) is 2.58. The summed E-state index contributed by atoms with van der Waals surface area (Å²) in [5.41, 5.74) is 10.9. The number of hydrogen-bond acceptors (Lipinski definition) is 6. The minimum atomic E-state index is 0.201. The van der Waals surface area contributed by atoms with Crippen LogP contribution >= 0.6 is 11.6 Å². The Kier molecular flexibility index (Phi) is 4.82. The van der Waals surface area contributed by atoms with Gasteiger partial charge < -0.3 is 15.5 Å². The third-order valence-electron chi connectivity index (χ3n) is 4.17. The molecule has 1 saturated heterocycles. The lowest BCUT2D eigenvalue weighted by atomic mass is 10.1. The predicted octanol–water partition coefficient (Wildman–Crippen LogP) is 2.83. The highest BCUT2D eigenvalue weighted by Crippen LogP contribution is 2.32. The maximum atomic E-state index is 10.4. The van der Waals surface area contributed by atoms with Crippen molar-refractivity contribution >= 4 is 28.8 Å². The van der Waals surface area contributed by atoms with Gasteiger partial charge in [-0.25, -0.2) is 10.4 Å². The lowest BCUT2D eigenvalue weighted by Gasteiger charge is -2.34. The van der Waals surface area contributed by atoms with Crippen LogP contribution in [0, 0.1) is 4.91 Å². The van der Waals surface area contributed by atoms with Crippen molar-refractivity contribution in [2.24, 2.45) is 5.29 Å². The van der Waals surface area contributed by atoms with Crippen LogP contribution in [0.5, 0.6) is 0 Å². The summed E-state index contributed by atoms with van der Waals surface area (Å²) in [4.78, 5) is 19.4. The van der Waals surface area contributed by atoms with Gasteiger partial charge in [0.25, 0.3) is 0 Å². The van der Waals surface area contributed by atoms with Crippen LogP contribution in [0.15, 0.2) is 35.6 Å². The summed E-state index contributed by atoms with van der Waals surface area (Å²) >= 11 is 6.25. The van der Waals surface area contributed by atoms with E-state index in [4.69, 9.17) is 17.3 Å². The van der Waals surface area contributed by atoms with Crippen LogP contribution in [0.3, 0.4) is 0 Å². The Balaban J connectivity index is 1.85. The van der Waals surface area contributed by atoms with E-state index in [1.165, 1.54) is 5.69 Å². The molecule has 1 aromatic heterocycles. The highest BCUT2D eigenvalue weighted by molar-refractivity contribution is 6.33. The molecular weight excluding hydrogens is 328 g/mol. The molecule has 2 heterocycles. The van der Waals surface area contributed by atoms with Gasteiger partial charge in [0.1, 0.15) is 0 Å². The fraction of sp³-hybridized carbons (Fsp3) is 0.312. The second-order valence-corrected chi connectivity index (χ2v) is 6.20. The smallest absolute Gasteiger partial charge is 0.172 e. The molecule has 0 atom stereocenters. The highest BCUT2D eigenvalue weighted by Gasteiger charge is 2.15. The quantitative estimate of drug-likeness (QED) is 0.654. The van der Waals surface area contributed by atoms with Crippen LogP contribution in [0.2, 0.25) is 5.02 Å². The number of rotatable bonds is 4. The largest absolute Gasteiger partial charge is 0.396 e. The molecule has 1 aromatic carbocycles. The van der Waals surface area contributed by atoms with Crippen molar-refractivity contribution in [1.82, 2.24) is 9.88 Å². The summed E-state index contributed by atoms with van der Waals surface area (Å²) in [6.07, 6.45) is 0. The number of aromatic nitrogens is 1. The number of nitroso groups, excluding NO2 is 1. The van der Waals surface area contributed by atoms with E-state index in [1.807, 2.05) is 12.1 Å². The van der Waals surface area contributed by atoms with Gasteiger partial charge >= 0.3 is 0 Å². The molecule has 3 N–H and O–H groups in total. The average molecular weight is 347 g/mol. The van der Waals surface area contributed by atoms with E-state index in [2.05, 4.69) is 44.7 Å². The fourth-order valence-corrected chi connectivity index (χ4v) is 3.00. The van der Waals surface area contributed by atoms with Gasteiger partial charge in [-0.2, -0.15) is 0 Å². The Labute approximate surface area is 145 Å². The van der Waals surface area contributed by atoms with Crippen LogP contribution in [-0.2, 0) is 0 Å². The van der Waals surface area contributed by atoms with Gasteiger partial charge in [0.05, 0.1) is 21.7 Å².